The van der Waals surface area contributed by atoms with Gasteiger partial charge in [-0.15, -0.1) is 0 Å². The smallest absolute Gasteiger partial charge is 0.220 e. The van der Waals surface area contributed by atoms with Crippen molar-refractivity contribution < 1.29 is 4.79 Å². The highest BCUT2D eigenvalue weighted by molar-refractivity contribution is 6.75. The molecule has 0 aromatic carbocycles. The molecule has 0 bridgehead atoms. The van der Waals surface area contributed by atoms with Crippen LogP contribution in [0.4, 0.5) is 0 Å². The average molecular weight is 213 g/mol. The van der Waals surface area contributed by atoms with Crippen LogP contribution in [0, 0.1) is 5.41 Å². The van der Waals surface area contributed by atoms with Gasteiger partial charge in [-0.05, 0) is 12.8 Å². The van der Waals surface area contributed by atoms with E-state index in [0.29, 0.717) is 5.91 Å². The molecular formula is C11H23NOSi. The standard InChI is InChI=1S/C11H23NOSi/c1-11(2)8-6-7-9-12(10(11)13)14(3,4)5/h6-9H2,1-5H3. The Morgan fingerprint density at radius 3 is 2.29 bits per heavy atom. The Hall–Kier alpha value is -0.313. The first-order valence-corrected chi connectivity index (χ1v) is 9.02. The molecule has 0 aromatic heterocycles. The van der Waals surface area contributed by atoms with Crippen molar-refractivity contribution in [3.05, 3.63) is 0 Å². The zero-order valence-corrected chi connectivity index (χ0v) is 11.2. The molecule has 0 saturated carbocycles. The summed E-state index contributed by atoms with van der Waals surface area (Å²) >= 11 is 0. The van der Waals surface area contributed by atoms with Crippen LogP contribution in [0.2, 0.25) is 19.6 Å². The summed E-state index contributed by atoms with van der Waals surface area (Å²) in [6.07, 6.45) is 3.42. The number of hydrogen-bond acceptors (Lipinski definition) is 1. The lowest BCUT2D eigenvalue weighted by Gasteiger charge is -2.37. The first-order chi connectivity index (χ1) is 6.25. The van der Waals surface area contributed by atoms with Crippen molar-refractivity contribution in [2.75, 3.05) is 6.54 Å². The summed E-state index contributed by atoms with van der Waals surface area (Å²) in [5.74, 6) is 0.383. The predicted molar refractivity (Wildman–Crippen MR) is 62.7 cm³/mol. The molecule has 0 radical (unpaired) electrons. The molecule has 82 valence electrons. The van der Waals surface area contributed by atoms with Crippen LogP contribution in [0.15, 0.2) is 0 Å². The number of nitrogens with zero attached hydrogens (tertiary/aromatic N) is 1. The Morgan fingerprint density at radius 1 is 1.21 bits per heavy atom. The van der Waals surface area contributed by atoms with Gasteiger partial charge in [-0.25, -0.2) is 0 Å². The first-order valence-electron chi connectivity index (χ1n) is 5.57. The predicted octanol–water partition coefficient (Wildman–Crippen LogP) is 2.86. The van der Waals surface area contributed by atoms with Crippen LogP contribution in [0.1, 0.15) is 33.1 Å². The monoisotopic (exact) mass is 213 g/mol. The summed E-state index contributed by atoms with van der Waals surface area (Å²) < 4.78 is 2.18. The normalized spacial score (nSPS) is 23.5. The van der Waals surface area contributed by atoms with Gasteiger partial charge in [-0.2, -0.15) is 0 Å². The van der Waals surface area contributed by atoms with Crippen molar-refractivity contribution in [3.63, 3.8) is 0 Å². The average Bonchev–Trinajstić information content (AvgIpc) is 2.11. The number of hydrogen-bond donors (Lipinski definition) is 0. The SMILES string of the molecule is CC1(C)CCCCN([Si](C)(C)C)C1=O. The van der Waals surface area contributed by atoms with Gasteiger partial charge in [0.1, 0.15) is 0 Å². The van der Waals surface area contributed by atoms with E-state index in [1.54, 1.807) is 0 Å². The maximum Gasteiger partial charge on any atom is 0.220 e. The zero-order chi connectivity index (χ0) is 11.0. The number of amides is 1. The van der Waals surface area contributed by atoms with Gasteiger partial charge in [0.15, 0.2) is 8.24 Å². The molecule has 0 N–H and O–H groups in total. The molecule has 0 unspecified atom stereocenters. The second-order valence-electron chi connectivity index (χ2n) is 5.97. The molecule has 0 aliphatic carbocycles. The number of carbonyl (C=O) groups excluding carboxylic acids is 1. The molecule has 3 heteroatoms. The van der Waals surface area contributed by atoms with E-state index in [-0.39, 0.29) is 5.41 Å². The molecule has 14 heavy (non-hydrogen) atoms. The highest BCUT2D eigenvalue weighted by Crippen LogP contribution is 2.31. The first kappa shape index (κ1) is 11.8. The van der Waals surface area contributed by atoms with Gasteiger partial charge in [0.25, 0.3) is 0 Å². The minimum absolute atomic E-state index is 0.128. The van der Waals surface area contributed by atoms with Crippen LogP contribution in [-0.4, -0.2) is 25.3 Å². The van der Waals surface area contributed by atoms with E-state index in [2.05, 4.69) is 38.1 Å². The van der Waals surface area contributed by atoms with E-state index in [0.717, 1.165) is 13.0 Å². The third kappa shape index (κ3) is 2.38. The maximum atomic E-state index is 12.3. The Morgan fingerprint density at radius 2 is 1.79 bits per heavy atom. The quantitative estimate of drug-likeness (QED) is 0.613. The summed E-state index contributed by atoms with van der Waals surface area (Å²) in [5, 5.41) is 0. The molecule has 1 saturated heterocycles. The molecular weight excluding hydrogens is 190 g/mol. The number of carbonyl (C=O) groups is 1. The molecule has 0 atom stereocenters. The fourth-order valence-electron chi connectivity index (χ4n) is 2.05. The molecule has 2 nitrogen and oxygen atoms in total. The minimum atomic E-state index is -1.46. The van der Waals surface area contributed by atoms with E-state index in [9.17, 15) is 4.79 Å². The van der Waals surface area contributed by atoms with Crippen molar-refractivity contribution in [1.82, 2.24) is 4.57 Å². The fraction of sp³-hybridized carbons (Fsp3) is 0.909. The zero-order valence-electron chi connectivity index (χ0n) is 10.2. The third-order valence-corrected chi connectivity index (χ3v) is 5.11. The second-order valence-corrected chi connectivity index (χ2v) is 10.9. The Labute approximate surface area is 88.8 Å². The highest BCUT2D eigenvalue weighted by atomic mass is 28.3. The van der Waals surface area contributed by atoms with E-state index < -0.39 is 8.24 Å². The Bertz CT molecular complexity index is 230. The lowest BCUT2D eigenvalue weighted by molar-refractivity contribution is -0.135. The van der Waals surface area contributed by atoms with E-state index in [4.69, 9.17) is 0 Å². The lowest BCUT2D eigenvalue weighted by Crippen LogP contribution is -2.53. The van der Waals surface area contributed by atoms with Gasteiger partial charge < -0.3 is 4.57 Å². The van der Waals surface area contributed by atoms with Gasteiger partial charge in [-0.3, -0.25) is 4.79 Å². The van der Waals surface area contributed by atoms with Crippen molar-refractivity contribution in [1.29, 1.82) is 0 Å². The molecule has 0 aromatic rings. The summed E-state index contributed by atoms with van der Waals surface area (Å²) in [6.45, 7) is 11.9. The Kier molecular flexibility index (Phi) is 3.09. The Balaban J connectivity index is 2.90. The van der Waals surface area contributed by atoms with Gasteiger partial charge in [0.05, 0.1) is 0 Å². The van der Waals surface area contributed by atoms with E-state index >= 15 is 0 Å². The van der Waals surface area contributed by atoms with Crippen LogP contribution in [0.3, 0.4) is 0 Å². The van der Waals surface area contributed by atoms with Gasteiger partial charge >= 0.3 is 0 Å². The number of rotatable bonds is 1. The minimum Gasteiger partial charge on any atom is -0.369 e. The topological polar surface area (TPSA) is 20.3 Å². The van der Waals surface area contributed by atoms with Gasteiger partial charge in [0, 0.05) is 12.0 Å². The molecule has 1 aliphatic rings. The molecule has 1 rings (SSSR count). The fourth-order valence-corrected chi connectivity index (χ4v) is 3.79. The van der Waals surface area contributed by atoms with Crippen molar-refractivity contribution in [2.45, 2.75) is 52.8 Å². The van der Waals surface area contributed by atoms with Crippen molar-refractivity contribution in [3.8, 4) is 0 Å². The van der Waals surface area contributed by atoms with Crippen LogP contribution in [0.5, 0.6) is 0 Å². The molecule has 1 amide bonds. The van der Waals surface area contributed by atoms with Crippen LogP contribution in [0.25, 0.3) is 0 Å². The van der Waals surface area contributed by atoms with Crippen LogP contribution < -0.4 is 0 Å². The van der Waals surface area contributed by atoms with E-state index in [1.807, 2.05) is 0 Å². The lowest BCUT2D eigenvalue weighted by atomic mass is 9.87. The van der Waals surface area contributed by atoms with E-state index in [1.165, 1.54) is 12.8 Å². The molecule has 1 fully saturated rings. The maximum absolute atomic E-state index is 12.3. The van der Waals surface area contributed by atoms with Gasteiger partial charge in [-0.1, -0.05) is 39.9 Å². The largest absolute Gasteiger partial charge is 0.369 e. The third-order valence-electron chi connectivity index (χ3n) is 3.07. The molecule has 1 heterocycles. The van der Waals surface area contributed by atoms with Crippen LogP contribution >= 0.6 is 0 Å². The van der Waals surface area contributed by atoms with Crippen molar-refractivity contribution in [2.24, 2.45) is 5.41 Å². The molecule has 1 aliphatic heterocycles. The summed E-state index contributed by atoms with van der Waals surface area (Å²) in [5.41, 5.74) is -0.128. The van der Waals surface area contributed by atoms with Crippen LogP contribution in [-0.2, 0) is 4.79 Å². The molecule has 0 spiro atoms. The van der Waals surface area contributed by atoms with Crippen molar-refractivity contribution >= 4 is 14.1 Å². The summed E-state index contributed by atoms with van der Waals surface area (Å²) in [7, 11) is -1.46. The highest BCUT2D eigenvalue weighted by Gasteiger charge is 2.38. The summed E-state index contributed by atoms with van der Waals surface area (Å²) in [6, 6.07) is 0. The second kappa shape index (κ2) is 3.68. The van der Waals surface area contributed by atoms with Gasteiger partial charge in [0.2, 0.25) is 5.91 Å². The summed E-state index contributed by atoms with van der Waals surface area (Å²) in [4.78, 5) is 12.3.